The van der Waals surface area contributed by atoms with Crippen LogP contribution in [0.15, 0.2) is 0 Å². The van der Waals surface area contributed by atoms with E-state index in [-0.39, 0.29) is 30.0 Å². The fraction of sp³-hybridized carbons (Fsp3) is 0.929. The Morgan fingerprint density at radius 1 is 1.39 bits per heavy atom. The minimum absolute atomic E-state index is 0.0794. The third kappa shape index (κ3) is 4.94. The molecule has 0 aromatic rings. The second kappa shape index (κ2) is 7.10. The van der Waals surface area contributed by atoms with E-state index in [1.54, 1.807) is 0 Å². The third-order valence-electron chi connectivity index (χ3n) is 3.89. The predicted octanol–water partition coefficient (Wildman–Crippen LogP) is 1.43. The van der Waals surface area contributed by atoms with Gasteiger partial charge < -0.3 is 15.7 Å². The van der Waals surface area contributed by atoms with Crippen molar-refractivity contribution < 1.29 is 9.90 Å². The van der Waals surface area contributed by atoms with Crippen molar-refractivity contribution in [1.82, 2.24) is 10.6 Å². The molecule has 0 aromatic heterocycles. The molecule has 0 radical (unpaired) electrons. The first-order chi connectivity index (χ1) is 8.53. The highest BCUT2D eigenvalue weighted by Gasteiger charge is 2.41. The molecule has 18 heavy (non-hydrogen) atoms. The average Bonchev–Trinajstić information content (AvgIpc) is 3.07. The molecule has 1 amide bonds. The largest absolute Gasteiger partial charge is 0.396 e. The van der Waals surface area contributed by atoms with Crippen LogP contribution in [0.25, 0.3) is 0 Å². The number of aliphatic hydroxyl groups excluding tert-OH is 1. The van der Waals surface area contributed by atoms with E-state index in [9.17, 15) is 4.79 Å². The van der Waals surface area contributed by atoms with Crippen molar-refractivity contribution in [3.63, 3.8) is 0 Å². The highest BCUT2D eigenvalue weighted by atomic mass is 16.3. The minimum atomic E-state index is -0.152. The number of hydrogen-bond donors (Lipinski definition) is 3. The van der Waals surface area contributed by atoms with Gasteiger partial charge in [-0.2, -0.15) is 0 Å². The molecule has 4 heteroatoms. The number of hydrogen-bond acceptors (Lipinski definition) is 3. The average molecular weight is 256 g/mol. The summed E-state index contributed by atoms with van der Waals surface area (Å²) in [4.78, 5) is 11.9. The van der Waals surface area contributed by atoms with Gasteiger partial charge in [-0.25, -0.2) is 0 Å². The van der Waals surface area contributed by atoms with Gasteiger partial charge in [-0.3, -0.25) is 4.79 Å². The van der Waals surface area contributed by atoms with Gasteiger partial charge in [0.1, 0.15) is 0 Å². The first-order valence-electron chi connectivity index (χ1n) is 7.17. The molecule has 0 saturated heterocycles. The molecule has 0 heterocycles. The van der Waals surface area contributed by atoms with Crippen LogP contribution in [-0.4, -0.2) is 36.2 Å². The zero-order valence-corrected chi connectivity index (χ0v) is 12.0. The second-order valence-electron chi connectivity index (χ2n) is 5.77. The monoisotopic (exact) mass is 256 g/mol. The zero-order chi connectivity index (χ0) is 13.6. The van der Waals surface area contributed by atoms with Crippen molar-refractivity contribution in [1.29, 1.82) is 0 Å². The summed E-state index contributed by atoms with van der Waals surface area (Å²) < 4.78 is 0. The van der Waals surface area contributed by atoms with Gasteiger partial charge in [0.25, 0.3) is 0 Å². The van der Waals surface area contributed by atoms with Crippen molar-refractivity contribution in [3.8, 4) is 0 Å². The van der Waals surface area contributed by atoms with Gasteiger partial charge in [0.2, 0.25) is 5.91 Å². The Kier molecular flexibility index (Phi) is 6.09. The fourth-order valence-corrected chi connectivity index (χ4v) is 2.26. The van der Waals surface area contributed by atoms with Crippen molar-refractivity contribution >= 4 is 5.91 Å². The molecule has 1 rings (SSSR count). The van der Waals surface area contributed by atoms with Gasteiger partial charge in [-0.15, -0.1) is 0 Å². The van der Waals surface area contributed by atoms with Crippen LogP contribution in [0.1, 0.15) is 52.9 Å². The lowest BCUT2D eigenvalue weighted by molar-refractivity contribution is -0.123. The van der Waals surface area contributed by atoms with Gasteiger partial charge >= 0.3 is 0 Å². The summed E-state index contributed by atoms with van der Waals surface area (Å²) in [6.07, 6.45) is 5.29. The third-order valence-corrected chi connectivity index (χ3v) is 3.89. The number of carbonyl (C=O) groups is 1. The Balaban J connectivity index is 2.23. The van der Waals surface area contributed by atoms with Crippen LogP contribution in [-0.2, 0) is 4.79 Å². The van der Waals surface area contributed by atoms with Gasteiger partial charge in [-0.1, -0.05) is 13.3 Å². The molecule has 1 saturated carbocycles. The molecule has 0 bridgehead atoms. The molecule has 0 aliphatic heterocycles. The first kappa shape index (κ1) is 15.4. The van der Waals surface area contributed by atoms with Gasteiger partial charge in [0, 0.05) is 19.2 Å². The predicted molar refractivity (Wildman–Crippen MR) is 73.3 cm³/mol. The standard InChI is InChI=1S/C14H28N2O2/c1-4-5-11(2)16-13(18)12(3)15-10-14(6-7-14)8-9-17/h11-12,15,17H,4-10H2,1-3H3,(H,16,18). The van der Waals surface area contributed by atoms with E-state index >= 15 is 0 Å². The quantitative estimate of drug-likeness (QED) is 0.585. The number of nitrogens with one attached hydrogen (secondary N) is 2. The summed E-state index contributed by atoms with van der Waals surface area (Å²) in [6.45, 7) is 7.15. The molecule has 1 aliphatic carbocycles. The van der Waals surface area contributed by atoms with E-state index in [0.717, 1.165) is 25.8 Å². The smallest absolute Gasteiger partial charge is 0.237 e. The SMILES string of the molecule is CCCC(C)NC(=O)C(C)NCC1(CCO)CC1. The maximum atomic E-state index is 11.9. The van der Waals surface area contributed by atoms with Crippen LogP contribution in [0.5, 0.6) is 0 Å². The van der Waals surface area contributed by atoms with Crippen LogP contribution in [0.3, 0.4) is 0 Å². The molecule has 4 nitrogen and oxygen atoms in total. The summed E-state index contributed by atoms with van der Waals surface area (Å²) in [5.41, 5.74) is 0.262. The fourth-order valence-electron chi connectivity index (χ4n) is 2.26. The van der Waals surface area contributed by atoms with Gasteiger partial charge in [-0.05, 0) is 44.9 Å². The zero-order valence-electron chi connectivity index (χ0n) is 12.0. The topological polar surface area (TPSA) is 61.4 Å². The first-order valence-corrected chi connectivity index (χ1v) is 7.17. The Bertz CT molecular complexity index is 265. The van der Waals surface area contributed by atoms with E-state index in [1.807, 2.05) is 13.8 Å². The normalized spacial score (nSPS) is 20.2. The summed E-state index contributed by atoms with van der Waals surface area (Å²) >= 11 is 0. The molecule has 1 aliphatic rings. The van der Waals surface area contributed by atoms with Crippen LogP contribution in [0.2, 0.25) is 0 Å². The van der Waals surface area contributed by atoms with E-state index < -0.39 is 0 Å². The number of aliphatic hydroxyl groups is 1. The molecule has 2 atom stereocenters. The molecular formula is C14H28N2O2. The molecule has 3 N–H and O–H groups in total. The Labute approximate surface area is 111 Å². The van der Waals surface area contributed by atoms with Crippen LogP contribution < -0.4 is 10.6 Å². The van der Waals surface area contributed by atoms with Gasteiger partial charge in [0.05, 0.1) is 6.04 Å². The van der Waals surface area contributed by atoms with Crippen LogP contribution in [0.4, 0.5) is 0 Å². The van der Waals surface area contributed by atoms with Crippen molar-refractivity contribution in [3.05, 3.63) is 0 Å². The van der Waals surface area contributed by atoms with Crippen molar-refractivity contribution in [2.24, 2.45) is 5.41 Å². The minimum Gasteiger partial charge on any atom is -0.396 e. The maximum Gasteiger partial charge on any atom is 0.237 e. The number of amides is 1. The number of rotatable bonds is 9. The lowest BCUT2D eigenvalue weighted by atomic mass is 10.0. The molecule has 0 aromatic carbocycles. The maximum absolute atomic E-state index is 11.9. The Hall–Kier alpha value is -0.610. The summed E-state index contributed by atoms with van der Waals surface area (Å²) in [6, 6.07) is 0.0968. The van der Waals surface area contributed by atoms with Crippen LogP contribution >= 0.6 is 0 Å². The lowest BCUT2D eigenvalue weighted by Gasteiger charge is -2.21. The Morgan fingerprint density at radius 3 is 2.56 bits per heavy atom. The van der Waals surface area contributed by atoms with Crippen molar-refractivity contribution in [2.45, 2.75) is 65.0 Å². The number of carbonyl (C=O) groups excluding carboxylic acids is 1. The molecular weight excluding hydrogens is 228 g/mol. The highest BCUT2D eigenvalue weighted by Crippen LogP contribution is 2.47. The molecule has 2 unspecified atom stereocenters. The molecule has 106 valence electrons. The molecule has 1 fully saturated rings. The highest BCUT2D eigenvalue weighted by molar-refractivity contribution is 5.81. The summed E-state index contributed by atoms with van der Waals surface area (Å²) in [5, 5.41) is 15.3. The van der Waals surface area contributed by atoms with Gasteiger partial charge in [0.15, 0.2) is 0 Å². The van der Waals surface area contributed by atoms with Crippen LogP contribution in [0, 0.1) is 5.41 Å². The summed E-state index contributed by atoms with van der Waals surface area (Å²) in [5.74, 6) is 0.0794. The molecule has 0 spiro atoms. The van der Waals surface area contributed by atoms with E-state index in [0.29, 0.717) is 0 Å². The lowest BCUT2D eigenvalue weighted by Crippen LogP contribution is -2.46. The van der Waals surface area contributed by atoms with E-state index in [1.165, 1.54) is 12.8 Å². The summed E-state index contributed by atoms with van der Waals surface area (Å²) in [7, 11) is 0. The van der Waals surface area contributed by atoms with Crippen molar-refractivity contribution in [2.75, 3.05) is 13.2 Å². The second-order valence-corrected chi connectivity index (χ2v) is 5.77. The van der Waals surface area contributed by atoms with E-state index in [4.69, 9.17) is 5.11 Å². The van der Waals surface area contributed by atoms with E-state index in [2.05, 4.69) is 17.6 Å². The Morgan fingerprint density at radius 2 is 2.06 bits per heavy atom.